The van der Waals surface area contributed by atoms with Gasteiger partial charge in [0.2, 0.25) is 0 Å². The number of nitriles is 3. The molecule has 100 valence electrons. The van der Waals surface area contributed by atoms with Crippen LogP contribution >= 0.6 is 25.2 Å². The quantitative estimate of drug-likeness (QED) is 0.717. The normalized spacial score (nSPS) is 8.06. The van der Waals surface area contributed by atoms with Crippen LogP contribution < -0.4 is 0 Å². The zero-order valence-corrected chi connectivity index (χ0v) is 12.5. The molecule has 0 aliphatic heterocycles. The van der Waals surface area contributed by atoms with Gasteiger partial charge in [0, 0.05) is 20.8 Å². The van der Waals surface area contributed by atoms with Crippen molar-refractivity contribution in [1.82, 2.24) is 13.1 Å². The molecule has 0 radical (unpaired) electrons. The SMILES string of the molecule is CC#N.CC#N.CC#N.Fn1pn[pH]n(F)p1F. The van der Waals surface area contributed by atoms with Gasteiger partial charge >= 0.3 is 0 Å². The van der Waals surface area contributed by atoms with Gasteiger partial charge in [0.1, 0.15) is 0 Å². The molecular weight excluding hydrogens is 306 g/mol. The fourth-order valence-corrected chi connectivity index (χ4v) is 3.06. The maximum Gasteiger partial charge on any atom is 0.289 e. The third-order valence-electron chi connectivity index (χ3n) is 0.527. The molecule has 1 heterocycles. The van der Waals surface area contributed by atoms with E-state index in [0.717, 1.165) is 0 Å². The first-order chi connectivity index (χ1) is 8.46. The van der Waals surface area contributed by atoms with E-state index < -0.39 is 16.7 Å². The van der Waals surface area contributed by atoms with Crippen LogP contribution in [0.1, 0.15) is 20.8 Å². The molecule has 1 rings (SSSR count). The molecule has 18 heavy (non-hydrogen) atoms. The van der Waals surface area contributed by atoms with Crippen molar-refractivity contribution in [2.24, 2.45) is 0 Å². The molecule has 6 nitrogen and oxygen atoms in total. The van der Waals surface area contributed by atoms with E-state index in [4.69, 9.17) is 15.8 Å². The van der Waals surface area contributed by atoms with Gasteiger partial charge in [0.15, 0.2) is 8.51 Å². The van der Waals surface area contributed by atoms with Crippen molar-refractivity contribution < 1.29 is 13.2 Å². The van der Waals surface area contributed by atoms with E-state index in [0.29, 0.717) is 0 Å². The van der Waals surface area contributed by atoms with Crippen LogP contribution in [-0.4, -0.2) is 13.1 Å². The smallest absolute Gasteiger partial charge is 0.199 e. The van der Waals surface area contributed by atoms with Crippen molar-refractivity contribution in [3.05, 3.63) is 0 Å². The summed E-state index contributed by atoms with van der Waals surface area (Å²) in [5.41, 5.74) is 0. The Morgan fingerprint density at radius 2 is 1.44 bits per heavy atom. The van der Waals surface area contributed by atoms with Gasteiger partial charge in [-0.1, -0.05) is 13.3 Å². The third-order valence-corrected chi connectivity index (χ3v) is 3.56. The standard InChI is InChI=1S/3C2H3N.F3HN3P3/c3*1-2-3;1-5-7-4-8-6(2)9(5)3/h3*1H3;7H. The van der Waals surface area contributed by atoms with Crippen LogP contribution in [0.4, 0.5) is 13.2 Å². The summed E-state index contributed by atoms with van der Waals surface area (Å²) in [5.74, 6) is 0. The van der Waals surface area contributed by atoms with Gasteiger partial charge in [0.05, 0.1) is 26.7 Å². The topological polar surface area (TPSA) is 94.1 Å². The van der Waals surface area contributed by atoms with Crippen LogP contribution in [0.5, 0.6) is 0 Å². The molecule has 0 aliphatic carbocycles. The van der Waals surface area contributed by atoms with Crippen LogP contribution in [0.3, 0.4) is 0 Å². The fourth-order valence-electron chi connectivity index (χ4n) is 0.229. The molecule has 0 amide bonds. The number of rotatable bonds is 0. The minimum absolute atomic E-state index is 0.138. The lowest BCUT2D eigenvalue weighted by Gasteiger charge is -1.94. The lowest BCUT2D eigenvalue weighted by Crippen LogP contribution is -1.78. The molecule has 2 unspecified atom stereocenters. The summed E-state index contributed by atoms with van der Waals surface area (Å²) in [4.78, 5) is 0. The molecule has 12 heteroatoms. The monoisotopic (exact) mass is 316 g/mol. The molecule has 1 aromatic rings. The molecule has 0 N–H and O–H groups in total. The Bertz CT molecular complexity index is 403. The molecule has 0 saturated heterocycles. The predicted octanol–water partition coefficient (Wildman–Crippen LogP) is 4.19. The first-order valence-electron chi connectivity index (χ1n) is 3.93. The van der Waals surface area contributed by atoms with Gasteiger partial charge < -0.3 is 0 Å². The van der Waals surface area contributed by atoms with E-state index in [1.807, 2.05) is 0 Å². The van der Waals surface area contributed by atoms with Gasteiger partial charge in [-0.3, -0.25) is 0 Å². The van der Waals surface area contributed by atoms with Crippen LogP contribution in [0.25, 0.3) is 0 Å². The highest BCUT2D eigenvalue weighted by Crippen LogP contribution is 2.33. The van der Waals surface area contributed by atoms with Gasteiger partial charge in [-0.2, -0.15) is 20.3 Å². The highest BCUT2D eigenvalue weighted by molar-refractivity contribution is 7.51. The summed E-state index contributed by atoms with van der Waals surface area (Å²) >= 11 is 0. The van der Waals surface area contributed by atoms with Crippen LogP contribution in [0.15, 0.2) is 0 Å². The average Bonchev–Trinajstić information content (AvgIpc) is 2.29. The van der Waals surface area contributed by atoms with Crippen LogP contribution in [0.2, 0.25) is 0 Å². The Hall–Kier alpha value is -1.44. The number of aromatic nitrogens is 3. The van der Waals surface area contributed by atoms with Crippen molar-refractivity contribution in [2.45, 2.75) is 20.8 Å². The summed E-state index contributed by atoms with van der Waals surface area (Å²) in [5, 5.41) is 22.0. The lowest BCUT2D eigenvalue weighted by molar-refractivity contribution is 0.404. The molecule has 1 aromatic heterocycles. The van der Waals surface area contributed by atoms with Gasteiger partial charge in [0.25, 0.3) is 8.16 Å². The van der Waals surface area contributed by atoms with Gasteiger partial charge in [-0.25, -0.2) is 0 Å². The summed E-state index contributed by atoms with van der Waals surface area (Å²) in [6.45, 7) is 4.29. The second kappa shape index (κ2) is 17.9. The minimum atomic E-state index is -2.87. The summed E-state index contributed by atoms with van der Waals surface area (Å²) in [6, 6.07) is 5.25. The highest BCUT2D eigenvalue weighted by Gasteiger charge is 2.00. The largest absolute Gasteiger partial charge is 0.289 e. The van der Waals surface area contributed by atoms with Crippen molar-refractivity contribution in [3.8, 4) is 18.2 Å². The van der Waals surface area contributed by atoms with Crippen LogP contribution in [-0.2, 0) is 0 Å². The molecule has 0 spiro atoms. The molecule has 0 aliphatic rings. The van der Waals surface area contributed by atoms with Crippen molar-refractivity contribution in [3.63, 3.8) is 0 Å². The Balaban J connectivity index is -0.000000210. The van der Waals surface area contributed by atoms with E-state index in [1.165, 1.54) is 20.8 Å². The molecule has 0 aromatic carbocycles. The Morgan fingerprint density at radius 3 is 1.67 bits per heavy atom. The van der Waals surface area contributed by atoms with Crippen LogP contribution in [0, 0.1) is 34.0 Å². The van der Waals surface area contributed by atoms with Crippen molar-refractivity contribution in [1.29, 1.82) is 15.8 Å². The predicted molar refractivity (Wildman–Crippen MR) is 65.9 cm³/mol. The zero-order chi connectivity index (χ0) is 15.0. The Labute approximate surface area is 107 Å². The second-order valence-corrected chi connectivity index (χ2v) is 5.50. The number of nitrogens with zero attached hydrogens (tertiary/aromatic N) is 6. The third kappa shape index (κ3) is 17.0. The maximum absolute atomic E-state index is 12.1. The number of hydrogen-bond donors (Lipinski definition) is 0. The lowest BCUT2D eigenvalue weighted by atomic mass is 11.0. The molecule has 0 fully saturated rings. The maximum atomic E-state index is 12.1. The molecular formula is C6H10F3N6P3. The molecule has 0 bridgehead atoms. The van der Waals surface area contributed by atoms with E-state index in [2.05, 4.69) is 4.51 Å². The summed E-state index contributed by atoms with van der Waals surface area (Å²) < 4.78 is 38.7. The first-order valence-corrected chi connectivity index (χ1v) is 6.76. The van der Waals surface area contributed by atoms with Crippen molar-refractivity contribution in [2.75, 3.05) is 0 Å². The fraction of sp³-hybridized carbons (Fsp3) is 0.500. The number of hydrogen-bond acceptors (Lipinski definition) is 4. The zero-order valence-electron chi connectivity index (χ0n) is 9.71. The van der Waals surface area contributed by atoms with Crippen molar-refractivity contribution >= 4 is 25.2 Å². The Morgan fingerprint density at radius 1 is 1.11 bits per heavy atom. The Kier molecular flexibility index (Phi) is 21.7. The molecule has 2 atom stereocenters. The van der Waals surface area contributed by atoms with Gasteiger partial charge in [-0.05, 0) is 0 Å². The minimum Gasteiger partial charge on any atom is -0.199 e. The first kappa shape index (κ1) is 21.8. The van der Waals surface area contributed by atoms with E-state index in [9.17, 15) is 13.2 Å². The van der Waals surface area contributed by atoms with E-state index >= 15 is 0 Å². The average molecular weight is 316 g/mol. The second-order valence-electron chi connectivity index (χ2n) is 1.70. The molecule has 0 saturated carbocycles. The summed E-state index contributed by atoms with van der Waals surface area (Å²) in [7, 11) is -3.62. The van der Waals surface area contributed by atoms with E-state index in [1.54, 1.807) is 18.2 Å². The van der Waals surface area contributed by atoms with Gasteiger partial charge in [-0.15, -0.1) is 8.51 Å². The summed E-state index contributed by atoms with van der Waals surface area (Å²) in [6.07, 6.45) is 0. The number of halogens is 3. The van der Waals surface area contributed by atoms with E-state index in [-0.39, 0.29) is 17.1 Å². The highest BCUT2D eigenvalue weighted by atomic mass is 31.2.